The summed E-state index contributed by atoms with van der Waals surface area (Å²) in [5.41, 5.74) is -7.62. The highest BCUT2D eigenvalue weighted by Crippen LogP contribution is 2.26. The van der Waals surface area contributed by atoms with Gasteiger partial charge in [-0.2, -0.15) is 42.1 Å². The van der Waals surface area contributed by atoms with Crippen LogP contribution in [0.2, 0.25) is 0 Å². The summed E-state index contributed by atoms with van der Waals surface area (Å²) < 4.78 is 91.5. The number of benzene rings is 3. The maximum absolute atomic E-state index is 15.7. The zero-order valence-electron chi connectivity index (χ0n) is 21.2. The summed E-state index contributed by atoms with van der Waals surface area (Å²) in [6, 6.07) is 13.2. The van der Waals surface area contributed by atoms with Crippen molar-refractivity contribution in [1.29, 1.82) is 42.1 Å². The van der Waals surface area contributed by atoms with Crippen LogP contribution in [0.25, 0.3) is 44.5 Å². The smallest absolute Gasteiger partial charge is 0.171 e. The largest absolute Gasteiger partial charge is 0.205 e. The minimum Gasteiger partial charge on any atom is -0.205 e. The van der Waals surface area contributed by atoms with Crippen LogP contribution in [0.15, 0.2) is 24.3 Å². The molecule has 0 saturated carbocycles. The zero-order valence-corrected chi connectivity index (χ0v) is 21.2. The Bertz CT molecular complexity index is 2190. The Morgan fingerprint density at radius 2 is 0.545 bits per heavy atom. The third-order valence-electron chi connectivity index (χ3n) is 6.00. The Morgan fingerprint density at radius 3 is 0.773 bits per heavy atom. The van der Waals surface area contributed by atoms with Gasteiger partial charge in [0.2, 0.25) is 0 Å². The van der Waals surface area contributed by atoms with Gasteiger partial charge in [0, 0.05) is 11.1 Å². The van der Waals surface area contributed by atoms with E-state index in [0.29, 0.717) is 0 Å². The highest BCUT2D eigenvalue weighted by molar-refractivity contribution is 5.84. The summed E-state index contributed by atoms with van der Waals surface area (Å²) in [6.07, 6.45) is 0. The molecule has 0 amide bonds. The Hall–Kier alpha value is -7.36. The number of nitriles is 8. The van der Waals surface area contributed by atoms with Gasteiger partial charge in [-0.05, 0) is 11.1 Å². The van der Waals surface area contributed by atoms with Crippen LogP contribution in [-0.2, 0) is 0 Å². The van der Waals surface area contributed by atoms with Gasteiger partial charge in [-0.1, -0.05) is 24.3 Å². The van der Waals surface area contributed by atoms with E-state index < -0.39 is 100 Å². The Morgan fingerprint density at radius 1 is 0.341 bits per heavy atom. The lowest BCUT2D eigenvalue weighted by molar-refractivity contribution is 0.481. The molecule has 206 valence electrons. The number of rotatable bonds is 2. The minimum absolute atomic E-state index is 0.476. The molecule has 0 unspecified atom stereocenters. The Labute approximate surface area is 241 Å². The van der Waals surface area contributed by atoms with Crippen molar-refractivity contribution >= 4 is 22.3 Å². The molecule has 0 bridgehead atoms. The van der Waals surface area contributed by atoms with Crippen LogP contribution in [0.1, 0.15) is 0 Å². The quantitative estimate of drug-likeness (QED) is 0.321. The van der Waals surface area contributed by atoms with E-state index >= 15 is 17.6 Å². The number of nitrogens with zero attached hydrogens (tertiary/aromatic N) is 8. The molecule has 0 aromatic heterocycles. The molecule has 0 saturated heterocycles. The Kier molecular flexibility index (Phi) is 8.81. The molecular formula is C30H4F6N8. The normalized spacial score (nSPS) is 9.41. The fraction of sp³-hybridized carbons (Fsp3) is 0. The summed E-state index contributed by atoms with van der Waals surface area (Å²) in [5, 5.41) is 68.5. The fourth-order valence-electron chi connectivity index (χ4n) is 4.12. The fourth-order valence-corrected chi connectivity index (χ4v) is 4.12. The van der Waals surface area contributed by atoms with Crippen LogP contribution in [0.4, 0.5) is 26.3 Å². The standard InChI is InChI=1S/C30H4F6N8/c31-25-19(21(15(5-37)6-38)27(33)29(35)23(25)17(9-41)10-42)13-1-2-14(4-3-13)20-22(16(7-39)8-40)28(34)30(36)24(26(20)32)18(11-43)12-44/h1-4H. The molecule has 14 heteroatoms. The summed E-state index contributed by atoms with van der Waals surface area (Å²) in [7, 11) is 0. The van der Waals surface area contributed by atoms with E-state index in [4.69, 9.17) is 21.0 Å². The van der Waals surface area contributed by atoms with Gasteiger partial charge in [-0.25, -0.2) is 26.3 Å². The maximum Gasteiger partial charge on any atom is 0.171 e. The van der Waals surface area contributed by atoms with E-state index in [1.807, 2.05) is 0 Å². The molecule has 0 heterocycles. The SMILES string of the molecule is N#CC(C#N)=c1c(F)c(F)c(=C(C#N)C#N)c(-c2ccc(-c3c(F)c(=C(C#N)C#N)c(F)c(F)c3=C(C#N)C#N)cc2)c1F. The lowest BCUT2D eigenvalue weighted by Crippen LogP contribution is -2.30. The summed E-state index contributed by atoms with van der Waals surface area (Å²) in [5.74, 6) is -11.6. The zero-order chi connectivity index (χ0) is 32.9. The summed E-state index contributed by atoms with van der Waals surface area (Å²) in [4.78, 5) is 0. The van der Waals surface area contributed by atoms with Crippen molar-refractivity contribution in [3.05, 3.63) is 80.0 Å². The molecule has 0 aliphatic carbocycles. The highest BCUT2D eigenvalue weighted by atomic mass is 19.2. The summed E-state index contributed by atoms with van der Waals surface area (Å²) in [6.45, 7) is 0. The highest BCUT2D eigenvalue weighted by Gasteiger charge is 2.26. The van der Waals surface area contributed by atoms with Gasteiger partial charge in [-0.15, -0.1) is 0 Å². The lowest BCUT2D eigenvalue weighted by atomic mass is 9.93. The number of halogens is 6. The monoisotopic (exact) mass is 590 g/mol. The van der Waals surface area contributed by atoms with Crippen molar-refractivity contribution in [2.45, 2.75) is 0 Å². The molecule has 0 N–H and O–H groups in total. The predicted octanol–water partition coefficient (Wildman–Crippen LogP) is 2.65. The lowest BCUT2D eigenvalue weighted by Gasteiger charge is -2.12. The van der Waals surface area contributed by atoms with Gasteiger partial charge >= 0.3 is 0 Å². The van der Waals surface area contributed by atoms with Gasteiger partial charge in [0.15, 0.2) is 23.3 Å². The molecule has 3 aromatic carbocycles. The third-order valence-corrected chi connectivity index (χ3v) is 6.00. The van der Waals surface area contributed by atoms with Gasteiger partial charge in [-0.3, -0.25) is 0 Å². The minimum atomic E-state index is -2.06. The van der Waals surface area contributed by atoms with Crippen LogP contribution >= 0.6 is 0 Å². The first kappa shape index (κ1) is 31.2. The molecule has 0 fully saturated rings. The first-order chi connectivity index (χ1) is 21.0. The molecular weight excluding hydrogens is 586 g/mol. The van der Waals surface area contributed by atoms with E-state index in [-0.39, 0.29) is 0 Å². The second-order valence-corrected chi connectivity index (χ2v) is 8.11. The second kappa shape index (κ2) is 12.4. The molecule has 0 spiro atoms. The topological polar surface area (TPSA) is 190 Å². The molecule has 0 radical (unpaired) electrons. The van der Waals surface area contributed by atoms with Crippen LogP contribution in [0.5, 0.6) is 0 Å². The van der Waals surface area contributed by atoms with Gasteiger partial charge in [0.25, 0.3) is 0 Å². The van der Waals surface area contributed by atoms with Crippen LogP contribution < -0.4 is 20.9 Å². The van der Waals surface area contributed by atoms with Crippen molar-refractivity contribution in [1.82, 2.24) is 0 Å². The predicted molar refractivity (Wildman–Crippen MR) is 134 cm³/mol. The van der Waals surface area contributed by atoms with E-state index in [2.05, 4.69) is 0 Å². The van der Waals surface area contributed by atoms with Gasteiger partial charge < -0.3 is 0 Å². The van der Waals surface area contributed by atoms with Crippen LogP contribution in [-0.4, -0.2) is 0 Å². The molecule has 44 heavy (non-hydrogen) atoms. The average molecular weight is 590 g/mol. The molecule has 0 aliphatic heterocycles. The Balaban J connectivity index is 2.67. The second-order valence-electron chi connectivity index (χ2n) is 8.11. The number of hydrogen-bond donors (Lipinski definition) is 0. The molecule has 8 nitrogen and oxygen atoms in total. The summed E-state index contributed by atoms with van der Waals surface area (Å²) >= 11 is 0. The maximum atomic E-state index is 15.7. The van der Waals surface area contributed by atoms with E-state index in [1.54, 1.807) is 0 Å². The van der Waals surface area contributed by atoms with E-state index in [9.17, 15) is 29.8 Å². The average Bonchev–Trinajstić information content (AvgIpc) is 3.03. The van der Waals surface area contributed by atoms with Gasteiger partial charge in [0.1, 0.15) is 82.5 Å². The van der Waals surface area contributed by atoms with Crippen molar-refractivity contribution < 1.29 is 26.3 Å². The first-order valence-corrected chi connectivity index (χ1v) is 11.2. The molecule has 3 aromatic rings. The van der Waals surface area contributed by atoms with E-state index in [0.717, 1.165) is 24.3 Å². The molecule has 3 rings (SSSR count). The molecule has 0 atom stereocenters. The van der Waals surface area contributed by atoms with Crippen LogP contribution in [0, 0.1) is 126 Å². The van der Waals surface area contributed by atoms with E-state index in [1.165, 1.54) is 48.6 Å². The van der Waals surface area contributed by atoms with Crippen molar-refractivity contribution in [2.24, 2.45) is 0 Å². The molecule has 0 aliphatic rings. The van der Waals surface area contributed by atoms with Gasteiger partial charge in [0.05, 0.1) is 20.9 Å². The van der Waals surface area contributed by atoms with Crippen molar-refractivity contribution in [2.75, 3.05) is 0 Å². The number of hydrogen-bond acceptors (Lipinski definition) is 8. The van der Waals surface area contributed by atoms with Crippen molar-refractivity contribution in [3.63, 3.8) is 0 Å². The van der Waals surface area contributed by atoms with Crippen LogP contribution in [0.3, 0.4) is 0 Å². The third kappa shape index (κ3) is 4.77. The van der Waals surface area contributed by atoms with Crippen molar-refractivity contribution in [3.8, 4) is 70.8 Å². The first-order valence-electron chi connectivity index (χ1n) is 11.2.